The summed E-state index contributed by atoms with van der Waals surface area (Å²) in [6, 6.07) is 10.5. The first-order valence-corrected chi connectivity index (χ1v) is 8.47. The lowest BCUT2D eigenvalue weighted by Gasteiger charge is -2.41. The maximum atomic E-state index is 6.53. The lowest BCUT2D eigenvalue weighted by molar-refractivity contribution is -0.119. The topological polar surface area (TPSA) is 9.23 Å². The van der Waals surface area contributed by atoms with Crippen LogP contribution in [0.2, 0.25) is 0 Å². The first-order chi connectivity index (χ1) is 9.74. The molecule has 0 saturated heterocycles. The van der Waals surface area contributed by atoms with Crippen LogP contribution >= 0.6 is 0 Å². The zero-order valence-corrected chi connectivity index (χ0v) is 15.1. The molecular weight excluding hydrogens is 256 g/mol. The van der Waals surface area contributed by atoms with E-state index in [2.05, 4.69) is 78.8 Å². The van der Waals surface area contributed by atoms with E-state index in [0.717, 1.165) is 6.42 Å². The van der Waals surface area contributed by atoms with Gasteiger partial charge in [0.25, 0.3) is 0 Å². The number of benzene rings is 1. The Hall–Kier alpha value is -0.820. The smallest absolute Gasteiger partial charge is 0.0804 e. The molecule has 1 heteroatoms. The molecule has 0 aliphatic rings. The highest BCUT2D eigenvalue weighted by atomic mass is 16.5. The van der Waals surface area contributed by atoms with Gasteiger partial charge in [-0.25, -0.2) is 0 Å². The largest absolute Gasteiger partial charge is 0.367 e. The number of hydrogen-bond donors (Lipinski definition) is 0. The van der Waals surface area contributed by atoms with Crippen LogP contribution < -0.4 is 0 Å². The average molecular weight is 290 g/mol. The van der Waals surface area contributed by atoms with Gasteiger partial charge in [0.05, 0.1) is 11.7 Å². The van der Waals surface area contributed by atoms with Crippen molar-refractivity contribution in [1.29, 1.82) is 0 Å². The summed E-state index contributed by atoms with van der Waals surface area (Å²) in [6.07, 6.45) is 3.61. The Labute approximate surface area is 132 Å². The van der Waals surface area contributed by atoms with Crippen molar-refractivity contribution in [3.8, 4) is 0 Å². The highest BCUT2D eigenvalue weighted by molar-refractivity contribution is 5.17. The Balaban J connectivity index is 2.79. The molecule has 0 bridgehead atoms. The van der Waals surface area contributed by atoms with Crippen molar-refractivity contribution in [1.82, 2.24) is 0 Å². The van der Waals surface area contributed by atoms with Crippen LogP contribution in [-0.2, 0) is 4.74 Å². The zero-order chi connectivity index (χ0) is 16.1. The lowest BCUT2D eigenvalue weighted by atomic mass is 9.74. The standard InChI is InChI=1S/C20H34O/c1-8-19(5,6)15-16(3)20(7,9-2)21-17(4)18-13-11-10-12-14-18/h10-14,16-17H,8-9,15H2,1-7H3. The molecule has 0 aliphatic heterocycles. The van der Waals surface area contributed by atoms with E-state index >= 15 is 0 Å². The maximum Gasteiger partial charge on any atom is 0.0804 e. The van der Waals surface area contributed by atoms with Crippen LogP contribution in [0.15, 0.2) is 30.3 Å². The molecule has 3 atom stereocenters. The van der Waals surface area contributed by atoms with Gasteiger partial charge in [-0.3, -0.25) is 0 Å². The van der Waals surface area contributed by atoms with Crippen molar-refractivity contribution in [3.63, 3.8) is 0 Å². The van der Waals surface area contributed by atoms with Crippen LogP contribution in [0.4, 0.5) is 0 Å². The Morgan fingerprint density at radius 3 is 2.00 bits per heavy atom. The molecule has 0 saturated carbocycles. The Morgan fingerprint density at radius 1 is 0.952 bits per heavy atom. The molecule has 0 N–H and O–H groups in total. The van der Waals surface area contributed by atoms with Crippen molar-refractivity contribution in [2.45, 2.75) is 79.4 Å². The summed E-state index contributed by atoms with van der Waals surface area (Å²) in [5.41, 5.74) is 1.58. The monoisotopic (exact) mass is 290 g/mol. The molecular formula is C20H34O. The van der Waals surface area contributed by atoms with E-state index in [1.807, 2.05) is 0 Å². The predicted octanol–water partition coefficient (Wildman–Crippen LogP) is 6.40. The Bertz CT molecular complexity index is 409. The minimum atomic E-state index is -0.0678. The van der Waals surface area contributed by atoms with Gasteiger partial charge in [0, 0.05) is 0 Å². The summed E-state index contributed by atoms with van der Waals surface area (Å²) in [5, 5.41) is 0. The molecule has 0 amide bonds. The van der Waals surface area contributed by atoms with Crippen LogP contribution in [0, 0.1) is 11.3 Å². The number of hydrogen-bond acceptors (Lipinski definition) is 1. The molecule has 1 nitrogen and oxygen atoms in total. The number of ether oxygens (including phenoxy) is 1. The third kappa shape index (κ3) is 5.14. The summed E-state index contributed by atoms with van der Waals surface area (Å²) in [7, 11) is 0. The first-order valence-electron chi connectivity index (χ1n) is 8.47. The SMILES string of the molecule is CCC(C)(C)CC(C)C(C)(CC)OC(C)c1ccccc1. The van der Waals surface area contributed by atoms with Gasteiger partial charge in [-0.2, -0.15) is 0 Å². The zero-order valence-electron chi connectivity index (χ0n) is 15.1. The van der Waals surface area contributed by atoms with E-state index in [-0.39, 0.29) is 11.7 Å². The fraction of sp³-hybridized carbons (Fsp3) is 0.700. The lowest BCUT2D eigenvalue weighted by Crippen LogP contribution is -2.38. The van der Waals surface area contributed by atoms with Crippen molar-refractivity contribution < 1.29 is 4.74 Å². The van der Waals surface area contributed by atoms with Gasteiger partial charge in [-0.15, -0.1) is 0 Å². The molecule has 3 unspecified atom stereocenters. The quantitative estimate of drug-likeness (QED) is 0.538. The maximum absolute atomic E-state index is 6.53. The third-order valence-electron chi connectivity index (χ3n) is 5.28. The predicted molar refractivity (Wildman–Crippen MR) is 92.5 cm³/mol. The second kappa shape index (κ2) is 7.45. The van der Waals surface area contributed by atoms with Crippen molar-refractivity contribution in [3.05, 3.63) is 35.9 Å². The third-order valence-corrected chi connectivity index (χ3v) is 5.28. The van der Waals surface area contributed by atoms with E-state index in [0.29, 0.717) is 11.3 Å². The fourth-order valence-corrected chi connectivity index (χ4v) is 2.93. The molecule has 1 rings (SSSR count). The van der Waals surface area contributed by atoms with Crippen LogP contribution in [0.1, 0.15) is 79.4 Å². The van der Waals surface area contributed by atoms with Gasteiger partial charge < -0.3 is 4.74 Å². The van der Waals surface area contributed by atoms with Crippen molar-refractivity contribution in [2.24, 2.45) is 11.3 Å². The van der Waals surface area contributed by atoms with E-state index in [9.17, 15) is 0 Å². The molecule has 120 valence electrons. The minimum Gasteiger partial charge on any atom is -0.367 e. The summed E-state index contributed by atoms with van der Waals surface area (Å²) in [5.74, 6) is 0.545. The molecule has 0 aromatic heterocycles. The highest BCUT2D eigenvalue weighted by Gasteiger charge is 2.35. The van der Waals surface area contributed by atoms with Gasteiger partial charge in [-0.05, 0) is 43.6 Å². The fourth-order valence-electron chi connectivity index (χ4n) is 2.93. The summed E-state index contributed by atoms with van der Waals surface area (Å²) in [4.78, 5) is 0. The molecule has 0 fully saturated rings. The van der Waals surface area contributed by atoms with E-state index in [1.165, 1.54) is 18.4 Å². The van der Waals surface area contributed by atoms with E-state index in [4.69, 9.17) is 4.74 Å². The first kappa shape index (κ1) is 18.2. The molecule has 1 aromatic rings. The molecule has 21 heavy (non-hydrogen) atoms. The molecule has 0 heterocycles. The summed E-state index contributed by atoms with van der Waals surface area (Å²) >= 11 is 0. The van der Waals surface area contributed by atoms with E-state index in [1.54, 1.807) is 0 Å². The summed E-state index contributed by atoms with van der Waals surface area (Å²) in [6.45, 7) is 16.0. The van der Waals surface area contributed by atoms with Gasteiger partial charge in [0.15, 0.2) is 0 Å². The van der Waals surface area contributed by atoms with Crippen molar-refractivity contribution >= 4 is 0 Å². The van der Waals surface area contributed by atoms with E-state index < -0.39 is 0 Å². The Morgan fingerprint density at radius 2 is 1.52 bits per heavy atom. The van der Waals surface area contributed by atoms with Gasteiger partial charge in [0.2, 0.25) is 0 Å². The number of rotatable bonds is 8. The normalized spacial score (nSPS) is 18.0. The van der Waals surface area contributed by atoms with Gasteiger partial charge >= 0.3 is 0 Å². The van der Waals surface area contributed by atoms with Crippen LogP contribution in [-0.4, -0.2) is 5.60 Å². The van der Waals surface area contributed by atoms with Crippen LogP contribution in [0.25, 0.3) is 0 Å². The second-order valence-electron chi connectivity index (χ2n) is 7.46. The van der Waals surface area contributed by atoms with Crippen molar-refractivity contribution in [2.75, 3.05) is 0 Å². The highest BCUT2D eigenvalue weighted by Crippen LogP contribution is 2.39. The average Bonchev–Trinajstić information content (AvgIpc) is 2.47. The minimum absolute atomic E-state index is 0.0678. The second-order valence-corrected chi connectivity index (χ2v) is 7.46. The van der Waals surface area contributed by atoms with Gasteiger partial charge in [-0.1, -0.05) is 71.4 Å². The molecule has 0 spiro atoms. The molecule has 1 aromatic carbocycles. The van der Waals surface area contributed by atoms with Crippen LogP contribution in [0.5, 0.6) is 0 Å². The van der Waals surface area contributed by atoms with Gasteiger partial charge in [0.1, 0.15) is 0 Å². The molecule has 0 radical (unpaired) electrons. The van der Waals surface area contributed by atoms with Crippen LogP contribution in [0.3, 0.4) is 0 Å². The Kier molecular flexibility index (Phi) is 6.46. The molecule has 0 aliphatic carbocycles. The summed E-state index contributed by atoms with van der Waals surface area (Å²) < 4.78 is 6.53.